The molecular weight excluding hydrogens is 392 g/mol. The van der Waals surface area contributed by atoms with Gasteiger partial charge in [-0.1, -0.05) is 11.8 Å². The van der Waals surface area contributed by atoms with Crippen molar-refractivity contribution in [2.75, 3.05) is 11.8 Å². The van der Waals surface area contributed by atoms with E-state index in [2.05, 4.69) is 20.7 Å². The summed E-state index contributed by atoms with van der Waals surface area (Å²) in [5.74, 6) is -0.240. The molecule has 2 rings (SSSR count). The van der Waals surface area contributed by atoms with Crippen LogP contribution >= 0.6 is 15.9 Å². The maximum absolute atomic E-state index is 12.3. The molecule has 0 aliphatic carbocycles. The van der Waals surface area contributed by atoms with Crippen molar-refractivity contribution in [3.63, 3.8) is 0 Å². The second kappa shape index (κ2) is 6.42. The number of nitrogens with one attached hydrogen (secondary N) is 1. The molecule has 0 aliphatic rings. The molecule has 0 heterocycles. The molecule has 2 aromatic carbocycles. The molecule has 0 unspecified atom stereocenters. The van der Waals surface area contributed by atoms with E-state index in [9.17, 15) is 23.6 Å². The largest absolute Gasteiger partial charge is 0.871 e. The number of nitro groups is 1. The van der Waals surface area contributed by atoms with Gasteiger partial charge in [-0.15, -0.1) is 0 Å². The molecule has 1 N–H and O–H groups in total. The molecule has 0 saturated heterocycles. The highest BCUT2D eigenvalue weighted by atomic mass is 79.9. The minimum Gasteiger partial charge on any atom is -0.871 e. The Morgan fingerprint density at radius 1 is 1.22 bits per heavy atom. The van der Waals surface area contributed by atoms with Gasteiger partial charge >= 0.3 is 0 Å². The molecule has 23 heavy (non-hydrogen) atoms. The van der Waals surface area contributed by atoms with Crippen LogP contribution in [0.3, 0.4) is 0 Å². The first kappa shape index (κ1) is 17.0. The summed E-state index contributed by atoms with van der Waals surface area (Å²) >= 11 is 3.16. The van der Waals surface area contributed by atoms with Crippen molar-refractivity contribution in [1.82, 2.24) is 0 Å². The highest BCUT2D eigenvalue weighted by molar-refractivity contribution is 9.10. The molecule has 0 bridgehead atoms. The molecule has 0 spiro atoms. The fourth-order valence-electron chi connectivity index (χ4n) is 1.73. The molecule has 2 aromatic rings. The monoisotopic (exact) mass is 401 g/mol. The van der Waals surface area contributed by atoms with Crippen molar-refractivity contribution in [3.8, 4) is 11.5 Å². The Morgan fingerprint density at radius 3 is 2.48 bits per heavy atom. The van der Waals surface area contributed by atoms with Crippen LogP contribution in [0.25, 0.3) is 0 Å². The van der Waals surface area contributed by atoms with Crippen LogP contribution in [-0.4, -0.2) is 20.5 Å². The van der Waals surface area contributed by atoms with Gasteiger partial charge in [0.15, 0.2) is 0 Å². The summed E-state index contributed by atoms with van der Waals surface area (Å²) in [4.78, 5) is 9.87. The number of sulfonamides is 1. The Morgan fingerprint density at radius 2 is 1.91 bits per heavy atom. The fraction of sp³-hybridized carbons (Fsp3) is 0.0769. The van der Waals surface area contributed by atoms with E-state index in [4.69, 9.17) is 4.74 Å². The number of benzene rings is 2. The van der Waals surface area contributed by atoms with E-state index in [1.807, 2.05) is 0 Å². The van der Waals surface area contributed by atoms with Gasteiger partial charge in [-0.25, -0.2) is 8.42 Å². The number of nitrogens with zero attached hydrogens (tertiary/aromatic N) is 1. The number of hydrogen-bond acceptors (Lipinski definition) is 6. The molecule has 0 radical (unpaired) electrons. The zero-order chi connectivity index (χ0) is 17.2. The van der Waals surface area contributed by atoms with Crippen LogP contribution in [-0.2, 0) is 10.0 Å². The highest BCUT2D eigenvalue weighted by Gasteiger charge is 2.18. The van der Waals surface area contributed by atoms with E-state index in [0.29, 0.717) is 10.2 Å². The first-order valence-electron chi connectivity index (χ1n) is 6.06. The molecule has 0 aromatic heterocycles. The van der Waals surface area contributed by atoms with Crippen LogP contribution in [0.2, 0.25) is 0 Å². The molecule has 0 amide bonds. The van der Waals surface area contributed by atoms with Gasteiger partial charge in [0, 0.05) is 17.8 Å². The van der Waals surface area contributed by atoms with E-state index in [1.54, 1.807) is 0 Å². The Balaban J connectivity index is 2.40. The first-order valence-corrected chi connectivity index (χ1v) is 8.34. The summed E-state index contributed by atoms with van der Waals surface area (Å²) < 4.78 is 32.1. The minimum atomic E-state index is -4.08. The van der Waals surface area contributed by atoms with Crippen molar-refractivity contribution in [2.45, 2.75) is 4.90 Å². The Bertz CT molecular complexity index is 869. The van der Waals surface area contributed by atoms with Crippen molar-refractivity contribution in [3.05, 3.63) is 51.0 Å². The highest BCUT2D eigenvalue weighted by Crippen LogP contribution is 2.31. The van der Waals surface area contributed by atoms with Gasteiger partial charge in [-0.3, -0.25) is 14.8 Å². The Hall–Kier alpha value is -2.33. The number of nitro benzene ring substituents is 1. The van der Waals surface area contributed by atoms with E-state index in [0.717, 1.165) is 18.2 Å². The first-order chi connectivity index (χ1) is 10.7. The molecule has 0 saturated carbocycles. The van der Waals surface area contributed by atoms with Gasteiger partial charge in [-0.05, 0) is 34.1 Å². The molecule has 8 nitrogen and oxygen atoms in total. The summed E-state index contributed by atoms with van der Waals surface area (Å²) in [5, 5.41) is 22.4. The van der Waals surface area contributed by atoms with Gasteiger partial charge in [0.25, 0.3) is 15.7 Å². The van der Waals surface area contributed by atoms with Crippen LogP contribution in [0, 0.1) is 10.1 Å². The lowest BCUT2D eigenvalue weighted by Crippen LogP contribution is -2.14. The molecule has 122 valence electrons. The number of hydrogen-bond donors (Lipinski definition) is 1. The van der Waals surface area contributed by atoms with Crippen LogP contribution in [0.4, 0.5) is 11.4 Å². The van der Waals surface area contributed by atoms with Gasteiger partial charge in [0.1, 0.15) is 5.75 Å². The Labute approximate surface area is 140 Å². The quantitative estimate of drug-likeness (QED) is 0.605. The van der Waals surface area contributed by atoms with Crippen molar-refractivity contribution in [2.24, 2.45) is 0 Å². The lowest BCUT2D eigenvalue weighted by atomic mass is 10.2. The molecule has 0 aliphatic heterocycles. The van der Waals surface area contributed by atoms with Gasteiger partial charge < -0.3 is 9.84 Å². The van der Waals surface area contributed by atoms with Crippen LogP contribution in [0.5, 0.6) is 11.5 Å². The topological polar surface area (TPSA) is 122 Å². The predicted octanol–water partition coefficient (Wildman–Crippen LogP) is 2.24. The predicted molar refractivity (Wildman–Crippen MR) is 84.0 cm³/mol. The van der Waals surface area contributed by atoms with Crippen LogP contribution in [0.15, 0.2) is 45.8 Å². The third-order valence-electron chi connectivity index (χ3n) is 2.85. The smallest absolute Gasteiger partial charge is 0.271 e. The molecule has 10 heteroatoms. The van der Waals surface area contributed by atoms with Gasteiger partial charge in [0.05, 0.1) is 21.4 Å². The molecular formula is C13H10BrN2O6S-. The average molecular weight is 402 g/mol. The summed E-state index contributed by atoms with van der Waals surface area (Å²) in [6.45, 7) is 0. The number of ether oxygens (including phenoxy) is 1. The second-order valence-corrected chi connectivity index (χ2v) is 6.88. The SMILES string of the molecule is COc1ccc(S(=O)(=O)Nc2cc([N+](=O)[O-])ccc2[O-])cc1Br. The van der Waals surface area contributed by atoms with Crippen molar-refractivity contribution in [1.29, 1.82) is 0 Å². The zero-order valence-corrected chi connectivity index (χ0v) is 14.0. The number of non-ortho nitro benzene ring substituents is 1. The van der Waals surface area contributed by atoms with Crippen LogP contribution < -0.4 is 14.6 Å². The number of rotatable bonds is 5. The zero-order valence-electron chi connectivity index (χ0n) is 11.6. The van der Waals surface area contributed by atoms with Crippen molar-refractivity contribution >= 4 is 37.3 Å². The lowest BCUT2D eigenvalue weighted by Gasteiger charge is -2.15. The minimum absolute atomic E-state index is 0.129. The number of methoxy groups -OCH3 is 1. The number of anilines is 1. The van der Waals surface area contributed by atoms with E-state index in [-0.39, 0.29) is 4.90 Å². The third kappa shape index (κ3) is 3.71. The van der Waals surface area contributed by atoms with E-state index >= 15 is 0 Å². The molecule has 0 atom stereocenters. The summed E-state index contributed by atoms with van der Waals surface area (Å²) in [7, 11) is -2.65. The standard InChI is InChI=1S/C13H11BrN2O6S/c1-22-13-5-3-9(7-10(13)14)23(20,21)15-11-6-8(16(18)19)2-4-12(11)17/h2-7,15,17H,1H3/p-1. The molecule has 0 fully saturated rings. The lowest BCUT2D eigenvalue weighted by molar-refractivity contribution is -0.385. The summed E-state index contributed by atoms with van der Waals surface area (Å²) in [5.41, 5.74) is -0.788. The van der Waals surface area contributed by atoms with Crippen LogP contribution in [0.1, 0.15) is 0 Å². The summed E-state index contributed by atoms with van der Waals surface area (Å²) in [6.07, 6.45) is 0. The van der Waals surface area contributed by atoms with E-state index < -0.39 is 32.1 Å². The average Bonchev–Trinajstić information content (AvgIpc) is 2.49. The maximum Gasteiger partial charge on any atom is 0.271 e. The third-order valence-corrected chi connectivity index (χ3v) is 4.83. The van der Waals surface area contributed by atoms with Gasteiger partial charge in [-0.2, -0.15) is 0 Å². The summed E-state index contributed by atoms with van der Waals surface area (Å²) in [6, 6.07) is 6.82. The van der Waals surface area contributed by atoms with Gasteiger partial charge in [0.2, 0.25) is 0 Å². The number of halogens is 1. The van der Waals surface area contributed by atoms with Crippen molar-refractivity contribution < 1.29 is 23.2 Å². The second-order valence-electron chi connectivity index (χ2n) is 4.34. The Kier molecular flexibility index (Phi) is 4.76. The fourth-order valence-corrected chi connectivity index (χ4v) is 3.51. The maximum atomic E-state index is 12.3. The normalized spacial score (nSPS) is 11.0. The van der Waals surface area contributed by atoms with E-state index in [1.165, 1.54) is 25.3 Å².